The van der Waals surface area contributed by atoms with Gasteiger partial charge >= 0.3 is 12.0 Å². The molecule has 1 unspecified atom stereocenters. The maximum absolute atomic E-state index is 12.6. The number of carbonyl (C=O) groups excluding carboxylic acids is 1. The van der Waals surface area contributed by atoms with Gasteiger partial charge in [-0.3, -0.25) is 0 Å². The van der Waals surface area contributed by atoms with Crippen LogP contribution in [0.15, 0.2) is 30.6 Å². The first-order valence-electron chi connectivity index (χ1n) is 9.14. The van der Waals surface area contributed by atoms with E-state index in [0.717, 1.165) is 24.8 Å². The molecule has 8 nitrogen and oxygen atoms in total. The number of rotatable bonds is 4. The third-order valence-electron chi connectivity index (χ3n) is 4.65. The Morgan fingerprint density at radius 1 is 1.30 bits per heavy atom. The lowest BCUT2D eigenvalue weighted by Crippen LogP contribution is -2.46. The van der Waals surface area contributed by atoms with E-state index in [1.807, 2.05) is 0 Å². The van der Waals surface area contributed by atoms with Crippen LogP contribution in [0.1, 0.15) is 25.3 Å². The van der Waals surface area contributed by atoms with Crippen molar-refractivity contribution in [1.82, 2.24) is 14.9 Å². The second kappa shape index (κ2) is 7.69. The highest BCUT2D eigenvalue weighted by atomic mass is 16.7. The van der Waals surface area contributed by atoms with E-state index in [9.17, 15) is 4.79 Å². The van der Waals surface area contributed by atoms with Crippen molar-refractivity contribution in [3.8, 4) is 17.5 Å². The Hall–Kier alpha value is -3.03. The predicted molar refractivity (Wildman–Crippen MR) is 98.2 cm³/mol. The maximum atomic E-state index is 12.6. The van der Waals surface area contributed by atoms with Gasteiger partial charge in [-0.1, -0.05) is 6.92 Å². The molecule has 27 heavy (non-hydrogen) atoms. The molecule has 1 aromatic carbocycles. The Balaban J connectivity index is 1.35. The second-order valence-corrected chi connectivity index (χ2v) is 6.55. The van der Waals surface area contributed by atoms with Crippen LogP contribution >= 0.6 is 0 Å². The largest absolute Gasteiger partial charge is 0.458 e. The SMILES string of the molecule is CCc1cnc(OC2CCCN(C(=O)Nc3ccc4c(c3)OCO4)C2)nc1. The summed E-state index contributed by atoms with van der Waals surface area (Å²) in [6.07, 6.45) is 6.05. The molecule has 1 atom stereocenters. The monoisotopic (exact) mass is 370 g/mol. The molecule has 0 bridgehead atoms. The minimum Gasteiger partial charge on any atom is -0.458 e. The number of likely N-dealkylation sites (tertiary alicyclic amines) is 1. The summed E-state index contributed by atoms with van der Waals surface area (Å²) >= 11 is 0. The summed E-state index contributed by atoms with van der Waals surface area (Å²) in [6, 6.07) is 5.55. The van der Waals surface area contributed by atoms with Crippen molar-refractivity contribution in [2.75, 3.05) is 25.2 Å². The van der Waals surface area contributed by atoms with Gasteiger partial charge in [0.15, 0.2) is 11.5 Å². The summed E-state index contributed by atoms with van der Waals surface area (Å²) in [5.41, 5.74) is 1.74. The summed E-state index contributed by atoms with van der Waals surface area (Å²) in [5, 5.41) is 2.91. The number of aryl methyl sites for hydroxylation is 1. The van der Waals surface area contributed by atoms with E-state index < -0.39 is 0 Å². The molecular formula is C19H22N4O4. The highest BCUT2D eigenvalue weighted by Crippen LogP contribution is 2.34. The average molecular weight is 370 g/mol. The van der Waals surface area contributed by atoms with Gasteiger partial charge in [0.05, 0.1) is 6.54 Å². The van der Waals surface area contributed by atoms with Crippen molar-refractivity contribution in [2.45, 2.75) is 32.3 Å². The number of anilines is 1. The number of fused-ring (bicyclic) bond motifs is 1. The average Bonchev–Trinajstić information content (AvgIpc) is 3.16. The summed E-state index contributed by atoms with van der Waals surface area (Å²) in [6.45, 7) is 3.44. The molecule has 2 aliphatic heterocycles. The third-order valence-corrected chi connectivity index (χ3v) is 4.65. The van der Waals surface area contributed by atoms with Crippen LogP contribution < -0.4 is 19.5 Å². The van der Waals surface area contributed by atoms with E-state index >= 15 is 0 Å². The van der Waals surface area contributed by atoms with Gasteiger partial charge in [0.2, 0.25) is 6.79 Å². The van der Waals surface area contributed by atoms with Gasteiger partial charge in [-0.15, -0.1) is 0 Å². The number of nitrogens with zero attached hydrogens (tertiary/aromatic N) is 3. The Morgan fingerprint density at radius 3 is 2.93 bits per heavy atom. The molecule has 2 aliphatic rings. The second-order valence-electron chi connectivity index (χ2n) is 6.55. The third kappa shape index (κ3) is 4.05. The smallest absolute Gasteiger partial charge is 0.321 e. The first-order valence-corrected chi connectivity index (χ1v) is 9.14. The number of piperidine rings is 1. The number of urea groups is 1. The quantitative estimate of drug-likeness (QED) is 0.891. The van der Waals surface area contributed by atoms with Gasteiger partial charge in [-0.25, -0.2) is 14.8 Å². The van der Waals surface area contributed by atoms with Crippen molar-refractivity contribution in [3.05, 3.63) is 36.2 Å². The highest BCUT2D eigenvalue weighted by molar-refractivity contribution is 5.89. The van der Waals surface area contributed by atoms with Crippen LogP contribution in [0.3, 0.4) is 0 Å². The molecule has 8 heteroatoms. The van der Waals surface area contributed by atoms with Crippen molar-refractivity contribution < 1.29 is 19.0 Å². The van der Waals surface area contributed by atoms with E-state index in [4.69, 9.17) is 14.2 Å². The Bertz CT molecular complexity index is 812. The minimum atomic E-state index is -0.163. The fraction of sp³-hybridized carbons (Fsp3) is 0.421. The van der Waals surface area contributed by atoms with Crippen LogP contribution in [0.2, 0.25) is 0 Å². The van der Waals surface area contributed by atoms with Crippen LogP contribution in [0, 0.1) is 0 Å². The molecular weight excluding hydrogens is 348 g/mol. The number of hydrogen-bond acceptors (Lipinski definition) is 6. The molecule has 0 aliphatic carbocycles. The number of ether oxygens (including phenoxy) is 3. The lowest BCUT2D eigenvalue weighted by atomic mass is 10.1. The topological polar surface area (TPSA) is 85.8 Å². The van der Waals surface area contributed by atoms with Crippen LogP contribution in [-0.2, 0) is 6.42 Å². The van der Waals surface area contributed by atoms with Crippen molar-refractivity contribution in [3.63, 3.8) is 0 Å². The fourth-order valence-corrected chi connectivity index (χ4v) is 3.13. The normalized spacial score (nSPS) is 18.3. The van der Waals surface area contributed by atoms with E-state index in [0.29, 0.717) is 36.3 Å². The van der Waals surface area contributed by atoms with Gasteiger partial charge in [0, 0.05) is 30.7 Å². The zero-order valence-electron chi connectivity index (χ0n) is 15.2. The number of amides is 2. The summed E-state index contributed by atoms with van der Waals surface area (Å²) < 4.78 is 16.5. The van der Waals surface area contributed by atoms with E-state index in [1.165, 1.54) is 0 Å². The molecule has 1 aromatic heterocycles. The maximum Gasteiger partial charge on any atom is 0.321 e. The molecule has 0 saturated carbocycles. The molecule has 2 amide bonds. The number of aromatic nitrogens is 2. The van der Waals surface area contributed by atoms with E-state index in [1.54, 1.807) is 35.5 Å². The molecule has 1 fully saturated rings. The van der Waals surface area contributed by atoms with Gasteiger partial charge in [0.1, 0.15) is 6.10 Å². The van der Waals surface area contributed by atoms with Crippen molar-refractivity contribution in [1.29, 1.82) is 0 Å². The summed E-state index contributed by atoms with van der Waals surface area (Å²) in [5.74, 6) is 1.33. The molecule has 0 radical (unpaired) electrons. The van der Waals surface area contributed by atoms with Gasteiger partial charge in [0.25, 0.3) is 0 Å². The number of benzene rings is 1. The standard InChI is InChI=1S/C19H22N4O4/c1-2-13-9-20-18(21-10-13)27-15-4-3-7-23(11-15)19(24)22-14-5-6-16-17(8-14)26-12-25-16/h5-6,8-10,15H,2-4,7,11-12H2,1H3,(H,22,24). The predicted octanol–water partition coefficient (Wildman–Crippen LogP) is 2.84. The van der Waals surface area contributed by atoms with Gasteiger partial charge < -0.3 is 24.4 Å². The zero-order chi connectivity index (χ0) is 18.6. The molecule has 1 saturated heterocycles. The molecule has 0 spiro atoms. The first-order chi connectivity index (χ1) is 13.2. The van der Waals surface area contributed by atoms with E-state index in [-0.39, 0.29) is 18.9 Å². The molecule has 1 N–H and O–H groups in total. The molecule has 142 valence electrons. The first kappa shape index (κ1) is 17.4. The minimum absolute atomic E-state index is 0.117. The van der Waals surface area contributed by atoms with Crippen LogP contribution in [0.25, 0.3) is 0 Å². The van der Waals surface area contributed by atoms with Crippen LogP contribution in [-0.4, -0.2) is 46.9 Å². The lowest BCUT2D eigenvalue weighted by Gasteiger charge is -2.32. The Labute approximate surface area is 157 Å². The fourth-order valence-electron chi connectivity index (χ4n) is 3.13. The zero-order valence-corrected chi connectivity index (χ0v) is 15.2. The summed E-state index contributed by atoms with van der Waals surface area (Å²) in [7, 11) is 0. The van der Waals surface area contributed by atoms with Gasteiger partial charge in [-0.2, -0.15) is 0 Å². The van der Waals surface area contributed by atoms with Crippen LogP contribution in [0.5, 0.6) is 17.5 Å². The van der Waals surface area contributed by atoms with Crippen LogP contribution in [0.4, 0.5) is 10.5 Å². The number of nitrogens with one attached hydrogen (secondary N) is 1. The molecule has 4 rings (SSSR count). The summed E-state index contributed by atoms with van der Waals surface area (Å²) in [4.78, 5) is 22.8. The number of hydrogen-bond donors (Lipinski definition) is 1. The molecule has 2 aromatic rings. The van der Waals surface area contributed by atoms with Crippen molar-refractivity contribution in [2.24, 2.45) is 0 Å². The van der Waals surface area contributed by atoms with Crippen molar-refractivity contribution >= 4 is 11.7 Å². The number of carbonyl (C=O) groups is 1. The van der Waals surface area contributed by atoms with Gasteiger partial charge in [-0.05, 0) is 37.0 Å². The Kier molecular flexibility index (Phi) is 4.95. The Morgan fingerprint density at radius 2 is 2.11 bits per heavy atom. The highest BCUT2D eigenvalue weighted by Gasteiger charge is 2.26. The lowest BCUT2D eigenvalue weighted by molar-refractivity contribution is 0.0982. The van der Waals surface area contributed by atoms with E-state index in [2.05, 4.69) is 22.2 Å². The molecule has 3 heterocycles.